The third-order valence-electron chi connectivity index (χ3n) is 1.78. The number of aromatic nitrogens is 2. The SMILES string of the molecule is CC(C)(C)c1cnc(OCC(F)(F)F)cn1. The van der Waals surface area contributed by atoms with Gasteiger partial charge in [-0.3, -0.25) is 4.98 Å². The highest BCUT2D eigenvalue weighted by Gasteiger charge is 2.28. The van der Waals surface area contributed by atoms with E-state index in [0.29, 0.717) is 5.69 Å². The van der Waals surface area contributed by atoms with Crippen molar-refractivity contribution in [3.63, 3.8) is 0 Å². The molecule has 0 aromatic carbocycles. The molecular formula is C10H13F3N2O. The number of rotatable bonds is 2. The number of nitrogens with zero attached hydrogens (tertiary/aromatic N) is 2. The number of halogens is 3. The zero-order valence-electron chi connectivity index (χ0n) is 9.30. The van der Waals surface area contributed by atoms with Crippen LogP contribution in [0.5, 0.6) is 5.88 Å². The Morgan fingerprint density at radius 3 is 2.12 bits per heavy atom. The maximum atomic E-state index is 11.8. The zero-order valence-corrected chi connectivity index (χ0v) is 9.30. The Morgan fingerprint density at radius 1 is 1.12 bits per heavy atom. The van der Waals surface area contributed by atoms with Crippen LogP contribution in [0.15, 0.2) is 12.4 Å². The lowest BCUT2D eigenvalue weighted by Gasteiger charge is -2.17. The third-order valence-corrected chi connectivity index (χ3v) is 1.78. The van der Waals surface area contributed by atoms with Gasteiger partial charge in [-0.15, -0.1) is 0 Å². The first-order valence-electron chi connectivity index (χ1n) is 4.70. The lowest BCUT2D eigenvalue weighted by molar-refractivity contribution is -0.154. The summed E-state index contributed by atoms with van der Waals surface area (Å²) < 4.78 is 39.9. The van der Waals surface area contributed by atoms with Crippen molar-refractivity contribution in [2.75, 3.05) is 6.61 Å². The molecule has 0 bridgehead atoms. The number of alkyl halides is 3. The summed E-state index contributed by atoms with van der Waals surface area (Å²) in [5.74, 6) is -0.120. The van der Waals surface area contributed by atoms with E-state index in [9.17, 15) is 13.2 Å². The minimum atomic E-state index is -4.36. The van der Waals surface area contributed by atoms with Crippen LogP contribution in [-0.2, 0) is 5.41 Å². The normalized spacial score (nSPS) is 12.6. The highest BCUT2D eigenvalue weighted by Crippen LogP contribution is 2.21. The van der Waals surface area contributed by atoms with Gasteiger partial charge in [0.15, 0.2) is 6.61 Å². The summed E-state index contributed by atoms with van der Waals surface area (Å²) in [6.07, 6.45) is -1.73. The zero-order chi connectivity index (χ0) is 12.4. The molecule has 0 N–H and O–H groups in total. The molecule has 0 aliphatic heterocycles. The monoisotopic (exact) mass is 234 g/mol. The second-order valence-corrected chi connectivity index (χ2v) is 4.39. The quantitative estimate of drug-likeness (QED) is 0.789. The molecule has 0 fully saturated rings. The molecule has 3 nitrogen and oxygen atoms in total. The summed E-state index contributed by atoms with van der Waals surface area (Å²) in [6, 6.07) is 0. The summed E-state index contributed by atoms with van der Waals surface area (Å²) in [5.41, 5.74) is 0.516. The second kappa shape index (κ2) is 4.27. The molecule has 0 atom stereocenters. The lowest BCUT2D eigenvalue weighted by Crippen LogP contribution is -2.20. The number of hydrogen-bond acceptors (Lipinski definition) is 3. The van der Waals surface area contributed by atoms with Crippen LogP contribution < -0.4 is 4.74 Å². The van der Waals surface area contributed by atoms with E-state index in [1.165, 1.54) is 12.4 Å². The molecule has 0 aliphatic rings. The molecule has 0 saturated carbocycles. The van der Waals surface area contributed by atoms with E-state index >= 15 is 0 Å². The molecule has 90 valence electrons. The summed E-state index contributed by atoms with van der Waals surface area (Å²) in [5, 5.41) is 0. The van der Waals surface area contributed by atoms with E-state index in [4.69, 9.17) is 0 Å². The Bertz CT molecular complexity index is 341. The molecule has 0 spiro atoms. The lowest BCUT2D eigenvalue weighted by atomic mass is 9.93. The van der Waals surface area contributed by atoms with Crippen LogP contribution in [0.2, 0.25) is 0 Å². The number of ether oxygens (including phenoxy) is 1. The molecule has 0 amide bonds. The fraction of sp³-hybridized carbons (Fsp3) is 0.600. The van der Waals surface area contributed by atoms with Crippen molar-refractivity contribution in [2.45, 2.75) is 32.4 Å². The van der Waals surface area contributed by atoms with E-state index in [2.05, 4.69) is 14.7 Å². The van der Waals surface area contributed by atoms with Crippen molar-refractivity contribution in [3.05, 3.63) is 18.1 Å². The van der Waals surface area contributed by atoms with Crippen molar-refractivity contribution in [2.24, 2.45) is 0 Å². The van der Waals surface area contributed by atoms with Crippen LogP contribution in [0.25, 0.3) is 0 Å². The van der Waals surface area contributed by atoms with Gasteiger partial charge in [-0.25, -0.2) is 4.98 Å². The molecule has 0 radical (unpaired) electrons. The van der Waals surface area contributed by atoms with Gasteiger partial charge in [0, 0.05) is 5.41 Å². The number of hydrogen-bond donors (Lipinski definition) is 0. The van der Waals surface area contributed by atoms with Gasteiger partial charge in [0.25, 0.3) is 0 Å². The van der Waals surface area contributed by atoms with Crippen molar-refractivity contribution < 1.29 is 17.9 Å². The smallest absolute Gasteiger partial charge is 0.422 e. The Morgan fingerprint density at radius 2 is 1.75 bits per heavy atom. The van der Waals surface area contributed by atoms with Gasteiger partial charge in [0.1, 0.15) is 0 Å². The van der Waals surface area contributed by atoms with Crippen molar-refractivity contribution in [1.82, 2.24) is 9.97 Å². The average molecular weight is 234 g/mol. The van der Waals surface area contributed by atoms with Crippen LogP contribution >= 0.6 is 0 Å². The van der Waals surface area contributed by atoms with E-state index < -0.39 is 12.8 Å². The van der Waals surface area contributed by atoms with Crippen molar-refractivity contribution in [1.29, 1.82) is 0 Å². The Labute approximate surface area is 91.7 Å². The van der Waals surface area contributed by atoms with Crippen LogP contribution in [0.1, 0.15) is 26.5 Å². The maximum Gasteiger partial charge on any atom is 0.422 e. The van der Waals surface area contributed by atoms with E-state index in [1.807, 2.05) is 20.8 Å². The minimum absolute atomic E-state index is 0.120. The van der Waals surface area contributed by atoms with E-state index in [0.717, 1.165) is 0 Å². The predicted octanol–water partition coefficient (Wildman–Crippen LogP) is 2.72. The molecule has 1 aromatic heterocycles. The molecule has 1 aromatic rings. The van der Waals surface area contributed by atoms with Gasteiger partial charge >= 0.3 is 6.18 Å². The summed E-state index contributed by atoms with van der Waals surface area (Å²) in [7, 11) is 0. The summed E-state index contributed by atoms with van der Waals surface area (Å²) >= 11 is 0. The topological polar surface area (TPSA) is 35.0 Å². The van der Waals surface area contributed by atoms with E-state index in [-0.39, 0.29) is 11.3 Å². The molecule has 1 heterocycles. The average Bonchev–Trinajstić information content (AvgIpc) is 2.13. The van der Waals surface area contributed by atoms with Gasteiger partial charge in [-0.2, -0.15) is 13.2 Å². The van der Waals surface area contributed by atoms with Crippen molar-refractivity contribution >= 4 is 0 Å². The summed E-state index contributed by atoms with van der Waals surface area (Å²) in [6.45, 7) is 4.46. The van der Waals surface area contributed by atoms with Crippen molar-refractivity contribution in [3.8, 4) is 5.88 Å². The Hall–Kier alpha value is -1.33. The first-order valence-corrected chi connectivity index (χ1v) is 4.70. The van der Waals surface area contributed by atoms with Gasteiger partial charge in [-0.1, -0.05) is 20.8 Å². The fourth-order valence-electron chi connectivity index (χ4n) is 0.934. The molecule has 16 heavy (non-hydrogen) atoms. The third kappa shape index (κ3) is 4.04. The van der Waals surface area contributed by atoms with Crippen LogP contribution in [-0.4, -0.2) is 22.8 Å². The second-order valence-electron chi connectivity index (χ2n) is 4.39. The molecule has 0 aliphatic carbocycles. The molecule has 0 saturated heterocycles. The molecule has 0 unspecified atom stereocenters. The Balaban J connectivity index is 2.66. The largest absolute Gasteiger partial charge is 0.467 e. The van der Waals surface area contributed by atoms with Gasteiger partial charge in [0.2, 0.25) is 5.88 Å². The standard InChI is InChI=1S/C10H13F3N2O/c1-9(2,3)7-4-15-8(5-14-7)16-6-10(11,12)13/h4-5H,6H2,1-3H3. The fourth-order valence-corrected chi connectivity index (χ4v) is 0.934. The minimum Gasteiger partial charge on any atom is -0.467 e. The highest BCUT2D eigenvalue weighted by molar-refractivity contribution is 5.13. The maximum absolute atomic E-state index is 11.8. The van der Waals surface area contributed by atoms with Crippen LogP contribution in [0.4, 0.5) is 13.2 Å². The van der Waals surface area contributed by atoms with Gasteiger partial charge < -0.3 is 4.74 Å². The first kappa shape index (κ1) is 12.7. The van der Waals surface area contributed by atoms with Gasteiger partial charge in [-0.05, 0) is 0 Å². The van der Waals surface area contributed by atoms with Crippen LogP contribution in [0, 0.1) is 0 Å². The first-order chi connectivity index (χ1) is 7.18. The molecule has 1 rings (SSSR count). The van der Waals surface area contributed by atoms with E-state index in [1.54, 1.807) is 0 Å². The van der Waals surface area contributed by atoms with Gasteiger partial charge in [0.05, 0.1) is 18.1 Å². The molecule has 6 heteroatoms. The Kier molecular flexibility index (Phi) is 3.40. The predicted molar refractivity (Wildman–Crippen MR) is 52.3 cm³/mol. The summed E-state index contributed by atoms with van der Waals surface area (Å²) in [4.78, 5) is 7.76. The van der Waals surface area contributed by atoms with Crippen LogP contribution in [0.3, 0.4) is 0 Å². The molecular weight excluding hydrogens is 221 g/mol. The highest BCUT2D eigenvalue weighted by atomic mass is 19.4.